The summed E-state index contributed by atoms with van der Waals surface area (Å²) in [7, 11) is 0. The maximum atomic E-state index is 5.97. The van der Waals surface area contributed by atoms with Crippen LogP contribution < -0.4 is 0 Å². The fraction of sp³-hybridized carbons (Fsp3) is 1.00. The van der Waals surface area contributed by atoms with Crippen LogP contribution >= 0.6 is 0 Å². The zero-order valence-corrected chi connectivity index (χ0v) is 13.0. The van der Waals surface area contributed by atoms with E-state index in [1.165, 1.54) is 0 Å². The van der Waals surface area contributed by atoms with Gasteiger partial charge in [-0.25, -0.2) is 0 Å². The van der Waals surface area contributed by atoms with Gasteiger partial charge in [0.15, 0.2) is 18.9 Å². The Morgan fingerprint density at radius 1 is 1.10 bits per heavy atom. The third-order valence-electron chi connectivity index (χ3n) is 3.67. The van der Waals surface area contributed by atoms with Gasteiger partial charge in [0, 0.05) is 12.8 Å². The molecule has 0 aliphatic carbocycles. The number of hydrogen-bond acceptors (Lipinski definition) is 5. The van der Waals surface area contributed by atoms with Crippen molar-refractivity contribution in [2.24, 2.45) is 0 Å². The SMILES string of the molecule is CCC1OC(C)CC(OC(C)CC2OCCC(C)O2)O1. The first-order valence-corrected chi connectivity index (χ1v) is 7.80. The van der Waals surface area contributed by atoms with Gasteiger partial charge in [0.05, 0.1) is 24.9 Å². The molecule has 2 aliphatic rings. The van der Waals surface area contributed by atoms with Crippen molar-refractivity contribution < 1.29 is 23.7 Å². The lowest BCUT2D eigenvalue weighted by molar-refractivity contribution is -0.316. The zero-order chi connectivity index (χ0) is 14.5. The minimum atomic E-state index is -0.195. The molecule has 2 saturated heterocycles. The molecule has 0 saturated carbocycles. The number of rotatable bonds is 5. The van der Waals surface area contributed by atoms with Gasteiger partial charge in [-0.1, -0.05) is 6.92 Å². The van der Waals surface area contributed by atoms with Crippen LogP contribution in [0.1, 0.15) is 53.4 Å². The molecule has 6 atom stereocenters. The zero-order valence-electron chi connectivity index (χ0n) is 13.0. The van der Waals surface area contributed by atoms with Crippen molar-refractivity contribution >= 4 is 0 Å². The normalized spacial score (nSPS) is 40.5. The first-order chi connectivity index (χ1) is 9.56. The fourth-order valence-electron chi connectivity index (χ4n) is 2.56. The third-order valence-corrected chi connectivity index (χ3v) is 3.67. The van der Waals surface area contributed by atoms with Gasteiger partial charge in [0.1, 0.15) is 0 Å². The summed E-state index contributed by atoms with van der Waals surface area (Å²) >= 11 is 0. The van der Waals surface area contributed by atoms with E-state index < -0.39 is 0 Å². The molecule has 0 bridgehead atoms. The Balaban J connectivity index is 1.74. The van der Waals surface area contributed by atoms with Crippen LogP contribution in [0, 0.1) is 0 Å². The van der Waals surface area contributed by atoms with E-state index in [9.17, 15) is 0 Å². The molecular weight excluding hydrogens is 260 g/mol. The predicted molar refractivity (Wildman–Crippen MR) is 74.2 cm³/mol. The molecular formula is C15H28O5. The summed E-state index contributed by atoms with van der Waals surface area (Å²) in [4.78, 5) is 0. The van der Waals surface area contributed by atoms with Gasteiger partial charge in [0.2, 0.25) is 0 Å². The minimum Gasteiger partial charge on any atom is -0.352 e. The maximum Gasteiger partial charge on any atom is 0.163 e. The quantitative estimate of drug-likeness (QED) is 0.778. The molecule has 5 heteroatoms. The lowest BCUT2D eigenvalue weighted by Gasteiger charge is -2.36. The highest BCUT2D eigenvalue weighted by Gasteiger charge is 2.30. The molecule has 6 unspecified atom stereocenters. The summed E-state index contributed by atoms with van der Waals surface area (Å²) in [5, 5.41) is 0. The minimum absolute atomic E-state index is 0.0399. The van der Waals surface area contributed by atoms with Crippen molar-refractivity contribution in [2.75, 3.05) is 6.61 Å². The molecule has 118 valence electrons. The second-order valence-electron chi connectivity index (χ2n) is 5.80. The van der Waals surface area contributed by atoms with Crippen molar-refractivity contribution in [3.05, 3.63) is 0 Å². The summed E-state index contributed by atoms with van der Waals surface area (Å²) in [5.74, 6) is 0. The fourth-order valence-corrected chi connectivity index (χ4v) is 2.56. The Bertz CT molecular complexity index is 285. The molecule has 0 aromatic rings. The van der Waals surface area contributed by atoms with E-state index in [4.69, 9.17) is 23.7 Å². The Morgan fingerprint density at radius 3 is 2.55 bits per heavy atom. The molecule has 5 nitrogen and oxygen atoms in total. The Kier molecular flexibility index (Phi) is 6.23. The van der Waals surface area contributed by atoms with Gasteiger partial charge in [0.25, 0.3) is 0 Å². The molecule has 2 heterocycles. The molecule has 0 aromatic heterocycles. The summed E-state index contributed by atoms with van der Waals surface area (Å²) < 4.78 is 28.7. The highest BCUT2D eigenvalue weighted by molar-refractivity contribution is 4.67. The van der Waals surface area contributed by atoms with Crippen molar-refractivity contribution in [3.8, 4) is 0 Å². The maximum absolute atomic E-state index is 5.97. The molecule has 2 fully saturated rings. The largest absolute Gasteiger partial charge is 0.352 e. The van der Waals surface area contributed by atoms with Crippen LogP contribution in [0.2, 0.25) is 0 Å². The summed E-state index contributed by atoms with van der Waals surface area (Å²) in [6, 6.07) is 0. The van der Waals surface area contributed by atoms with E-state index >= 15 is 0 Å². The van der Waals surface area contributed by atoms with Crippen LogP contribution in [-0.4, -0.2) is 43.8 Å². The van der Waals surface area contributed by atoms with E-state index in [2.05, 4.69) is 13.8 Å². The average Bonchev–Trinajstić information content (AvgIpc) is 2.37. The standard InChI is InChI=1S/C15H28O5/c1-5-13-18-12(4)9-15(20-13)19-11(3)8-14-16-7-6-10(2)17-14/h10-15H,5-9H2,1-4H3. The monoisotopic (exact) mass is 288 g/mol. The summed E-state index contributed by atoms with van der Waals surface area (Å²) in [5.41, 5.74) is 0. The predicted octanol–water partition coefficient (Wildman–Crippen LogP) is 2.82. The molecule has 0 radical (unpaired) electrons. The van der Waals surface area contributed by atoms with Crippen molar-refractivity contribution in [3.63, 3.8) is 0 Å². The third kappa shape index (κ3) is 4.97. The van der Waals surface area contributed by atoms with Gasteiger partial charge in [-0.3, -0.25) is 0 Å². The van der Waals surface area contributed by atoms with Crippen LogP contribution in [0.3, 0.4) is 0 Å². The van der Waals surface area contributed by atoms with Crippen LogP contribution in [0.25, 0.3) is 0 Å². The van der Waals surface area contributed by atoms with Crippen LogP contribution in [-0.2, 0) is 23.7 Å². The molecule has 0 spiro atoms. The van der Waals surface area contributed by atoms with Gasteiger partial charge in [-0.15, -0.1) is 0 Å². The second-order valence-corrected chi connectivity index (χ2v) is 5.80. The Morgan fingerprint density at radius 2 is 1.85 bits per heavy atom. The average molecular weight is 288 g/mol. The highest BCUT2D eigenvalue weighted by Crippen LogP contribution is 2.24. The van der Waals surface area contributed by atoms with E-state index in [1.54, 1.807) is 0 Å². The van der Waals surface area contributed by atoms with E-state index in [1.807, 2.05) is 13.8 Å². The molecule has 2 aliphatic heterocycles. The first kappa shape index (κ1) is 16.2. The number of hydrogen-bond donors (Lipinski definition) is 0. The van der Waals surface area contributed by atoms with Crippen LogP contribution in [0.4, 0.5) is 0 Å². The molecule has 0 aromatic carbocycles. The van der Waals surface area contributed by atoms with Gasteiger partial charge in [-0.2, -0.15) is 0 Å². The van der Waals surface area contributed by atoms with Crippen molar-refractivity contribution in [1.29, 1.82) is 0 Å². The topological polar surface area (TPSA) is 46.2 Å². The Labute approximate surface area is 121 Å². The van der Waals surface area contributed by atoms with Crippen LogP contribution in [0.15, 0.2) is 0 Å². The molecule has 0 N–H and O–H groups in total. The van der Waals surface area contributed by atoms with E-state index in [0.717, 1.165) is 32.3 Å². The van der Waals surface area contributed by atoms with Gasteiger partial charge >= 0.3 is 0 Å². The lowest BCUT2D eigenvalue weighted by Crippen LogP contribution is -2.40. The van der Waals surface area contributed by atoms with Crippen LogP contribution in [0.5, 0.6) is 0 Å². The highest BCUT2D eigenvalue weighted by atomic mass is 16.8. The van der Waals surface area contributed by atoms with E-state index in [0.29, 0.717) is 0 Å². The molecule has 20 heavy (non-hydrogen) atoms. The smallest absolute Gasteiger partial charge is 0.163 e. The molecule has 0 amide bonds. The second kappa shape index (κ2) is 7.71. The summed E-state index contributed by atoms with van der Waals surface area (Å²) in [6.07, 6.45) is 3.27. The number of ether oxygens (including phenoxy) is 5. The van der Waals surface area contributed by atoms with E-state index in [-0.39, 0.29) is 37.2 Å². The summed E-state index contributed by atoms with van der Waals surface area (Å²) in [6.45, 7) is 8.99. The van der Waals surface area contributed by atoms with Crippen molar-refractivity contribution in [1.82, 2.24) is 0 Å². The van der Waals surface area contributed by atoms with Gasteiger partial charge in [-0.05, 0) is 33.6 Å². The van der Waals surface area contributed by atoms with Crippen molar-refractivity contribution in [2.45, 2.75) is 90.6 Å². The Hall–Kier alpha value is -0.200. The lowest BCUT2D eigenvalue weighted by atomic mass is 10.2. The first-order valence-electron chi connectivity index (χ1n) is 7.80. The van der Waals surface area contributed by atoms with Gasteiger partial charge < -0.3 is 23.7 Å². The molecule has 2 rings (SSSR count).